The highest BCUT2D eigenvalue weighted by atomic mass is 16.6. The van der Waals surface area contributed by atoms with Gasteiger partial charge in [-0.25, -0.2) is 14.6 Å². The second-order valence-corrected chi connectivity index (χ2v) is 17.5. The molecule has 1 aromatic heterocycles. The van der Waals surface area contributed by atoms with Crippen LogP contribution in [0.3, 0.4) is 0 Å². The number of fused-ring (bicyclic) bond motifs is 1. The number of hydrogen-bond donors (Lipinski definition) is 3. The zero-order valence-corrected chi connectivity index (χ0v) is 35.8. The molecule has 13 heteroatoms. The van der Waals surface area contributed by atoms with Gasteiger partial charge >= 0.3 is 11.9 Å². The molecule has 2 aliphatic carbocycles. The van der Waals surface area contributed by atoms with Crippen LogP contribution in [-0.4, -0.2) is 78.7 Å². The van der Waals surface area contributed by atoms with Crippen molar-refractivity contribution in [1.29, 1.82) is 0 Å². The van der Waals surface area contributed by atoms with Crippen molar-refractivity contribution in [3.05, 3.63) is 66.2 Å². The molecule has 5 rings (SSSR count). The molecule has 1 fully saturated rings. The molecule has 0 aliphatic heterocycles. The zero-order chi connectivity index (χ0) is 43.1. The van der Waals surface area contributed by atoms with Gasteiger partial charge in [0.1, 0.15) is 41.3 Å². The number of rotatable bonds is 14. The van der Waals surface area contributed by atoms with Crippen molar-refractivity contribution in [2.24, 2.45) is 17.3 Å². The normalized spacial score (nSPS) is 18.8. The van der Waals surface area contributed by atoms with Crippen molar-refractivity contribution < 1.29 is 42.9 Å². The van der Waals surface area contributed by atoms with Gasteiger partial charge in [0.05, 0.1) is 31.3 Å². The van der Waals surface area contributed by atoms with Crippen LogP contribution in [-0.2, 0) is 33.4 Å². The third kappa shape index (κ3) is 11.4. The van der Waals surface area contributed by atoms with Gasteiger partial charge in [0.2, 0.25) is 17.7 Å². The van der Waals surface area contributed by atoms with Gasteiger partial charge < -0.3 is 34.9 Å². The molecular formula is C46H60N4O9. The van der Waals surface area contributed by atoms with Gasteiger partial charge in [-0.1, -0.05) is 77.3 Å². The molecule has 1 saturated carbocycles. The highest BCUT2D eigenvalue weighted by Crippen LogP contribution is 2.37. The smallest absolute Gasteiger partial charge is 0.329 e. The van der Waals surface area contributed by atoms with Crippen LogP contribution in [0, 0.1) is 17.3 Å². The number of benzene rings is 2. The van der Waals surface area contributed by atoms with Gasteiger partial charge in [-0.15, -0.1) is 0 Å². The van der Waals surface area contributed by atoms with E-state index in [1.54, 1.807) is 46.9 Å². The number of carbonyl (C=O) groups is 5. The van der Waals surface area contributed by atoms with Crippen LogP contribution < -0.4 is 25.4 Å². The fourth-order valence-electron chi connectivity index (χ4n) is 7.69. The summed E-state index contributed by atoms with van der Waals surface area (Å²) in [4.78, 5) is 73.8. The van der Waals surface area contributed by atoms with E-state index in [9.17, 15) is 24.0 Å². The molecule has 0 saturated heterocycles. The van der Waals surface area contributed by atoms with Crippen molar-refractivity contribution in [1.82, 2.24) is 20.9 Å². The van der Waals surface area contributed by atoms with E-state index in [-0.39, 0.29) is 24.3 Å². The van der Waals surface area contributed by atoms with Crippen molar-refractivity contribution >= 4 is 40.6 Å². The maximum atomic E-state index is 14.5. The second kappa shape index (κ2) is 19.1. The van der Waals surface area contributed by atoms with Gasteiger partial charge in [0.25, 0.3) is 0 Å². The van der Waals surface area contributed by atoms with Gasteiger partial charge in [0.15, 0.2) is 0 Å². The summed E-state index contributed by atoms with van der Waals surface area (Å²) in [6.45, 7) is 12.4. The minimum absolute atomic E-state index is 0.0540. The highest BCUT2D eigenvalue weighted by Gasteiger charge is 2.43. The maximum Gasteiger partial charge on any atom is 0.329 e. The second-order valence-electron chi connectivity index (χ2n) is 17.5. The summed E-state index contributed by atoms with van der Waals surface area (Å²) in [5, 5.41) is 9.32. The van der Waals surface area contributed by atoms with Crippen molar-refractivity contribution in [2.75, 3.05) is 14.2 Å². The Kier molecular flexibility index (Phi) is 14.4. The number of nitrogens with zero attached hydrogens (tertiary/aromatic N) is 1. The van der Waals surface area contributed by atoms with E-state index in [4.69, 9.17) is 23.9 Å². The van der Waals surface area contributed by atoms with E-state index in [1.165, 1.54) is 7.11 Å². The van der Waals surface area contributed by atoms with E-state index in [1.807, 2.05) is 69.3 Å². The average molecular weight is 813 g/mol. The number of methoxy groups -OCH3 is 2. The van der Waals surface area contributed by atoms with Gasteiger partial charge in [0, 0.05) is 35.1 Å². The van der Waals surface area contributed by atoms with Crippen molar-refractivity contribution in [3.8, 4) is 22.8 Å². The molecule has 0 radical (unpaired) electrons. The van der Waals surface area contributed by atoms with Crippen molar-refractivity contribution in [2.45, 2.75) is 123 Å². The minimum atomic E-state index is -1.10. The van der Waals surface area contributed by atoms with Crippen LogP contribution in [0.5, 0.6) is 11.5 Å². The molecule has 3 aromatic rings. The summed E-state index contributed by atoms with van der Waals surface area (Å²) in [6.07, 6.45) is 5.62. The van der Waals surface area contributed by atoms with Crippen LogP contribution in [0.1, 0.15) is 93.4 Å². The Morgan fingerprint density at radius 2 is 1.54 bits per heavy atom. The van der Waals surface area contributed by atoms with E-state index >= 15 is 0 Å². The van der Waals surface area contributed by atoms with E-state index in [0.29, 0.717) is 28.1 Å². The quantitative estimate of drug-likeness (QED) is 0.151. The van der Waals surface area contributed by atoms with Crippen LogP contribution in [0.4, 0.5) is 0 Å². The Bertz CT molecular complexity index is 2030. The summed E-state index contributed by atoms with van der Waals surface area (Å²) in [7, 11) is 2.87. The molecule has 318 valence electrons. The Morgan fingerprint density at radius 1 is 0.847 bits per heavy atom. The lowest BCUT2D eigenvalue weighted by Gasteiger charge is -2.34. The number of aromatic nitrogens is 1. The van der Waals surface area contributed by atoms with E-state index in [0.717, 1.165) is 37.7 Å². The lowest BCUT2D eigenvalue weighted by atomic mass is 9.82. The first kappa shape index (κ1) is 44.6. The van der Waals surface area contributed by atoms with Crippen LogP contribution in [0.2, 0.25) is 0 Å². The third-order valence-electron chi connectivity index (χ3n) is 10.8. The van der Waals surface area contributed by atoms with E-state index < -0.39 is 70.8 Å². The largest absolute Gasteiger partial charge is 0.497 e. The summed E-state index contributed by atoms with van der Waals surface area (Å²) >= 11 is 0. The monoisotopic (exact) mass is 812 g/mol. The predicted octanol–water partition coefficient (Wildman–Crippen LogP) is 6.61. The molecule has 0 spiro atoms. The number of hydrogen-bond acceptors (Lipinski definition) is 10. The molecule has 3 amide bonds. The molecule has 0 bridgehead atoms. The summed E-state index contributed by atoms with van der Waals surface area (Å²) in [6, 6.07) is 14.0. The molecule has 1 heterocycles. The molecule has 2 aromatic carbocycles. The number of ether oxygens (including phenoxy) is 4. The maximum absolute atomic E-state index is 14.5. The Balaban J connectivity index is 1.49. The van der Waals surface area contributed by atoms with Gasteiger partial charge in [-0.2, -0.15) is 0 Å². The molecule has 59 heavy (non-hydrogen) atoms. The number of nitrogens with one attached hydrogen (secondary N) is 3. The van der Waals surface area contributed by atoms with E-state index in [2.05, 4.69) is 16.0 Å². The molecular weight excluding hydrogens is 753 g/mol. The topological polar surface area (TPSA) is 171 Å². The first-order valence-corrected chi connectivity index (χ1v) is 20.6. The van der Waals surface area contributed by atoms with Crippen LogP contribution in [0.25, 0.3) is 22.2 Å². The number of carbonyl (C=O) groups excluding carboxylic acids is 5. The molecule has 3 N–H and O–H groups in total. The lowest BCUT2D eigenvalue weighted by molar-refractivity contribution is -0.159. The number of esters is 2. The highest BCUT2D eigenvalue weighted by molar-refractivity contribution is 6.04. The standard InChI is InChI=1S/C46H60N4O9/c1-10-34(43(54)59-46(5,6)7)48-40(51)32-23-30(58-37-26-35(27-17-13-11-14-18-27)47-36-25-29(56-8)21-22-31(36)37)24-33(32)41(52)50-39(45(2,3)4)42(53)49-38(44(55)57-9)28-19-15-12-16-20-28/h11,13-14,17-18,21-22,24-26,28,30,32,34,38-39H,10,12,15-16,19-20,23H2,1-9H3,(H,48,51)(H,49,53)(H,50,52)/t30-,32-,34+,38+,39-/m1/s1. The summed E-state index contributed by atoms with van der Waals surface area (Å²) in [5.74, 6) is -2.96. The molecule has 5 atom stereocenters. The number of pyridine rings is 1. The molecule has 13 nitrogen and oxygen atoms in total. The Hall–Kier alpha value is -5.46. The zero-order valence-electron chi connectivity index (χ0n) is 35.8. The molecule has 2 aliphatic rings. The Morgan fingerprint density at radius 3 is 2.15 bits per heavy atom. The first-order valence-electron chi connectivity index (χ1n) is 20.6. The van der Waals surface area contributed by atoms with Crippen LogP contribution in [0.15, 0.2) is 66.2 Å². The SMILES string of the molecule is CC[C@H](NC(=O)[C@@H]1C[C@@H](Oc2cc(-c3ccccc3)nc3cc(OC)ccc23)C=C1C(=O)N[C@H](C(=O)N[C@H](C(=O)OC)C1CCCCC1)C(C)(C)C)C(=O)OC(C)(C)C. The first-order chi connectivity index (χ1) is 27.9. The molecule has 0 unspecified atom stereocenters. The fraction of sp³-hybridized carbons (Fsp3) is 0.522. The summed E-state index contributed by atoms with van der Waals surface area (Å²) < 4.78 is 22.8. The Labute approximate surface area is 347 Å². The predicted molar refractivity (Wildman–Crippen MR) is 224 cm³/mol. The van der Waals surface area contributed by atoms with Gasteiger partial charge in [-0.3, -0.25) is 14.4 Å². The lowest BCUT2D eigenvalue weighted by Crippen LogP contribution is -2.58. The minimum Gasteiger partial charge on any atom is -0.497 e. The summed E-state index contributed by atoms with van der Waals surface area (Å²) in [5.41, 5.74) is 0.614. The average Bonchev–Trinajstić information content (AvgIpc) is 3.63. The van der Waals surface area contributed by atoms with Gasteiger partial charge in [-0.05, 0) is 69.6 Å². The van der Waals surface area contributed by atoms with Crippen molar-refractivity contribution in [3.63, 3.8) is 0 Å². The fourth-order valence-corrected chi connectivity index (χ4v) is 7.69. The van der Waals surface area contributed by atoms with Crippen LogP contribution >= 0.6 is 0 Å². The number of amides is 3. The third-order valence-corrected chi connectivity index (χ3v) is 10.8.